The molecule has 0 N–H and O–H groups in total. The van der Waals surface area contributed by atoms with Crippen LogP contribution in [0.5, 0.6) is 0 Å². The van der Waals surface area contributed by atoms with E-state index in [2.05, 4.69) is 29.6 Å². The third-order valence-electron chi connectivity index (χ3n) is 1.95. The number of hydrogen-bond acceptors (Lipinski definition) is 1. The summed E-state index contributed by atoms with van der Waals surface area (Å²) in [7, 11) is 0. The number of nitrogens with zero attached hydrogens (tertiary/aromatic N) is 3. The molecule has 2 aromatic heterocycles. The van der Waals surface area contributed by atoms with Crippen molar-refractivity contribution in [3.05, 3.63) is 30.7 Å². The molecule has 2 heterocycles. The van der Waals surface area contributed by atoms with E-state index in [9.17, 15) is 0 Å². The van der Waals surface area contributed by atoms with E-state index in [-0.39, 0.29) is 0 Å². The summed E-state index contributed by atoms with van der Waals surface area (Å²) in [6, 6.07) is 4.50. The lowest BCUT2D eigenvalue weighted by molar-refractivity contribution is -0.691. The molecule has 0 aliphatic heterocycles. The fourth-order valence-electron chi connectivity index (χ4n) is 1.34. The van der Waals surface area contributed by atoms with Gasteiger partial charge in [0, 0.05) is 6.07 Å². The van der Waals surface area contributed by atoms with E-state index in [0.717, 1.165) is 5.65 Å². The van der Waals surface area contributed by atoms with E-state index >= 15 is 0 Å². The summed E-state index contributed by atoms with van der Waals surface area (Å²) < 4.78 is 4.06. The molecule has 0 aromatic carbocycles. The maximum absolute atomic E-state index is 4.18. The van der Waals surface area contributed by atoms with Crippen LogP contribution in [0.4, 0.5) is 0 Å². The van der Waals surface area contributed by atoms with Crippen molar-refractivity contribution < 1.29 is 4.57 Å². The maximum Gasteiger partial charge on any atom is 0.307 e. The van der Waals surface area contributed by atoms with Crippen LogP contribution in [-0.2, 0) is 0 Å². The Morgan fingerprint density at radius 1 is 1.50 bits per heavy atom. The molecule has 2 rings (SSSR count). The first-order chi connectivity index (χ1) is 5.79. The Morgan fingerprint density at radius 3 is 3.08 bits per heavy atom. The van der Waals surface area contributed by atoms with Crippen LogP contribution in [0.25, 0.3) is 5.65 Å². The van der Waals surface area contributed by atoms with Crippen molar-refractivity contribution in [2.45, 2.75) is 19.9 Å². The smallest absolute Gasteiger partial charge is 0.226 e. The molecule has 0 aliphatic carbocycles. The standard InChI is InChI=1S/C9H12N3/c1-8(2)11-6-7-12-9(11)4-3-5-10-12/h3-8H,1-2H3/q+1. The molecule has 0 saturated carbocycles. The van der Waals surface area contributed by atoms with Gasteiger partial charge in [-0.25, -0.2) is 4.57 Å². The molecule has 0 saturated heterocycles. The first-order valence-corrected chi connectivity index (χ1v) is 4.12. The zero-order valence-corrected chi connectivity index (χ0v) is 7.31. The van der Waals surface area contributed by atoms with Gasteiger partial charge in [0.05, 0.1) is 12.2 Å². The van der Waals surface area contributed by atoms with E-state index in [4.69, 9.17) is 0 Å². The average Bonchev–Trinajstić information content (AvgIpc) is 2.47. The van der Waals surface area contributed by atoms with Crippen LogP contribution >= 0.6 is 0 Å². The van der Waals surface area contributed by atoms with Crippen LogP contribution in [0.1, 0.15) is 19.9 Å². The van der Waals surface area contributed by atoms with E-state index in [1.54, 1.807) is 6.20 Å². The lowest BCUT2D eigenvalue weighted by Gasteiger charge is -1.98. The van der Waals surface area contributed by atoms with Crippen molar-refractivity contribution in [3.8, 4) is 0 Å². The second-order valence-electron chi connectivity index (χ2n) is 3.13. The lowest BCUT2D eigenvalue weighted by atomic mass is 10.4. The summed E-state index contributed by atoms with van der Waals surface area (Å²) in [6.45, 7) is 4.32. The van der Waals surface area contributed by atoms with Gasteiger partial charge in [0.2, 0.25) is 0 Å². The predicted octanol–water partition coefficient (Wildman–Crippen LogP) is 1.20. The molecule has 0 aliphatic rings. The average molecular weight is 162 g/mol. The molecule has 3 nitrogen and oxygen atoms in total. The van der Waals surface area contributed by atoms with E-state index < -0.39 is 0 Å². The fraction of sp³-hybridized carbons (Fsp3) is 0.333. The van der Waals surface area contributed by atoms with Gasteiger partial charge in [0.15, 0.2) is 6.20 Å². The molecule has 0 atom stereocenters. The molecule has 0 radical (unpaired) electrons. The van der Waals surface area contributed by atoms with Gasteiger partial charge in [0.1, 0.15) is 6.20 Å². The molecule has 62 valence electrons. The van der Waals surface area contributed by atoms with Crippen LogP contribution in [0.3, 0.4) is 0 Å². The second-order valence-corrected chi connectivity index (χ2v) is 3.13. The van der Waals surface area contributed by atoms with Crippen molar-refractivity contribution in [1.29, 1.82) is 0 Å². The Bertz CT molecular complexity index is 389. The molecular weight excluding hydrogens is 150 g/mol. The summed E-state index contributed by atoms with van der Waals surface area (Å²) in [4.78, 5) is 0. The van der Waals surface area contributed by atoms with E-state index in [1.165, 1.54) is 0 Å². The van der Waals surface area contributed by atoms with Crippen molar-refractivity contribution in [2.24, 2.45) is 0 Å². The molecule has 2 aromatic rings. The number of fused-ring (bicyclic) bond motifs is 1. The summed E-state index contributed by atoms with van der Waals surface area (Å²) >= 11 is 0. The minimum absolute atomic E-state index is 0.485. The van der Waals surface area contributed by atoms with Crippen LogP contribution in [-0.4, -0.2) is 9.61 Å². The first kappa shape index (κ1) is 7.28. The minimum atomic E-state index is 0.485. The van der Waals surface area contributed by atoms with Crippen LogP contribution in [0.15, 0.2) is 30.7 Å². The number of hydrogen-bond donors (Lipinski definition) is 0. The normalized spacial score (nSPS) is 11.2. The highest BCUT2D eigenvalue weighted by Crippen LogP contribution is 1.99. The van der Waals surface area contributed by atoms with Gasteiger partial charge in [-0.05, 0) is 19.9 Å². The summed E-state index contributed by atoms with van der Waals surface area (Å²) in [5.41, 5.74) is 1.13. The molecular formula is C9H12N3+. The SMILES string of the molecule is CC(C)[n+]1ccn2ncccc21. The fourth-order valence-corrected chi connectivity index (χ4v) is 1.34. The molecule has 0 bridgehead atoms. The number of aromatic nitrogens is 3. The Balaban J connectivity index is 2.70. The summed E-state index contributed by atoms with van der Waals surface area (Å²) in [6.07, 6.45) is 5.81. The third kappa shape index (κ3) is 0.978. The maximum atomic E-state index is 4.18. The number of imidazole rings is 1. The van der Waals surface area contributed by atoms with Gasteiger partial charge in [-0.2, -0.15) is 0 Å². The highest BCUT2D eigenvalue weighted by Gasteiger charge is 2.11. The molecule has 12 heavy (non-hydrogen) atoms. The Labute approximate surface area is 71.3 Å². The predicted molar refractivity (Wildman–Crippen MR) is 45.8 cm³/mol. The van der Waals surface area contributed by atoms with E-state index in [0.29, 0.717) is 6.04 Å². The highest BCUT2D eigenvalue weighted by atomic mass is 15.3. The number of rotatable bonds is 1. The van der Waals surface area contributed by atoms with Crippen LogP contribution in [0, 0.1) is 0 Å². The van der Waals surface area contributed by atoms with Gasteiger partial charge >= 0.3 is 5.65 Å². The molecule has 0 unspecified atom stereocenters. The summed E-state index contributed by atoms with van der Waals surface area (Å²) in [5.74, 6) is 0. The molecule has 0 fully saturated rings. The zero-order chi connectivity index (χ0) is 8.55. The molecule has 3 heteroatoms. The van der Waals surface area contributed by atoms with Gasteiger partial charge in [-0.1, -0.05) is 5.10 Å². The third-order valence-corrected chi connectivity index (χ3v) is 1.95. The zero-order valence-electron chi connectivity index (χ0n) is 7.31. The molecule has 0 spiro atoms. The quantitative estimate of drug-likeness (QED) is 0.577. The van der Waals surface area contributed by atoms with Crippen molar-refractivity contribution in [1.82, 2.24) is 9.61 Å². The van der Waals surface area contributed by atoms with Crippen molar-refractivity contribution in [3.63, 3.8) is 0 Å². The second kappa shape index (κ2) is 2.59. The topological polar surface area (TPSA) is 21.2 Å². The van der Waals surface area contributed by atoms with Gasteiger partial charge in [-0.3, -0.25) is 0 Å². The van der Waals surface area contributed by atoms with Crippen molar-refractivity contribution >= 4 is 5.65 Å². The Morgan fingerprint density at radius 2 is 2.33 bits per heavy atom. The summed E-state index contributed by atoms with van der Waals surface area (Å²) in [5, 5.41) is 4.18. The van der Waals surface area contributed by atoms with Crippen LogP contribution in [0.2, 0.25) is 0 Å². The lowest BCUT2D eigenvalue weighted by Crippen LogP contribution is -2.34. The molecule has 0 amide bonds. The first-order valence-electron chi connectivity index (χ1n) is 4.12. The minimum Gasteiger partial charge on any atom is -0.226 e. The highest BCUT2D eigenvalue weighted by molar-refractivity contribution is 5.28. The van der Waals surface area contributed by atoms with Gasteiger partial charge < -0.3 is 0 Å². The van der Waals surface area contributed by atoms with E-state index in [1.807, 2.05) is 23.0 Å². The Kier molecular flexibility index (Phi) is 1.57. The monoisotopic (exact) mass is 162 g/mol. The van der Waals surface area contributed by atoms with Crippen molar-refractivity contribution in [2.75, 3.05) is 0 Å². The van der Waals surface area contributed by atoms with Gasteiger partial charge in [0.25, 0.3) is 0 Å². The van der Waals surface area contributed by atoms with Gasteiger partial charge in [-0.15, -0.1) is 4.52 Å². The van der Waals surface area contributed by atoms with Crippen LogP contribution < -0.4 is 4.57 Å². The largest absolute Gasteiger partial charge is 0.307 e. The Hall–Kier alpha value is -1.38.